The van der Waals surface area contributed by atoms with Gasteiger partial charge in [0.1, 0.15) is 0 Å². The van der Waals surface area contributed by atoms with E-state index in [2.05, 4.69) is 24.2 Å². The van der Waals surface area contributed by atoms with E-state index >= 15 is 0 Å². The van der Waals surface area contributed by atoms with Gasteiger partial charge in [-0.2, -0.15) is 0 Å². The van der Waals surface area contributed by atoms with Gasteiger partial charge in [-0.25, -0.2) is 0 Å². The Bertz CT molecular complexity index is 153. The molecule has 0 aromatic carbocycles. The second-order valence-electron chi connectivity index (χ2n) is 5.36. The van der Waals surface area contributed by atoms with Crippen molar-refractivity contribution < 1.29 is 0 Å². The van der Waals surface area contributed by atoms with Gasteiger partial charge in [-0.05, 0) is 71.2 Å². The maximum absolute atomic E-state index is 3.50. The second kappa shape index (κ2) is 9.00. The topological polar surface area (TPSA) is 15.3 Å². The summed E-state index contributed by atoms with van der Waals surface area (Å²) in [5, 5.41) is 3.50. The van der Waals surface area contributed by atoms with Gasteiger partial charge in [-0.1, -0.05) is 19.8 Å². The largest absolute Gasteiger partial charge is 0.316 e. The van der Waals surface area contributed by atoms with Crippen LogP contribution in [0.3, 0.4) is 0 Å². The molecule has 2 heteroatoms. The van der Waals surface area contributed by atoms with Crippen LogP contribution in [-0.2, 0) is 0 Å². The first-order valence-corrected chi connectivity index (χ1v) is 7.22. The van der Waals surface area contributed by atoms with Gasteiger partial charge in [0.05, 0.1) is 0 Å². The molecule has 1 unspecified atom stereocenters. The molecule has 16 heavy (non-hydrogen) atoms. The Kier molecular flexibility index (Phi) is 7.87. The Morgan fingerprint density at radius 1 is 1.19 bits per heavy atom. The van der Waals surface area contributed by atoms with Gasteiger partial charge in [0.25, 0.3) is 0 Å². The fourth-order valence-corrected chi connectivity index (χ4v) is 2.56. The van der Waals surface area contributed by atoms with Crippen LogP contribution in [0, 0.1) is 5.92 Å². The molecule has 0 aromatic rings. The van der Waals surface area contributed by atoms with Gasteiger partial charge in [0.15, 0.2) is 0 Å². The summed E-state index contributed by atoms with van der Waals surface area (Å²) in [5.74, 6) is 0.956. The van der Waals surface area contributed by atoms with E-state index in [0.29, 0.717) is 0 Å². The predicted octanol–water partition coefficient (Wildman–Crippen LogP) is 2.89. The molecular weight excluding hydrogens is 196 g/mol. The molecule has 1 fully saturated rings. The van der Waals surface area contributed by atoms with Gasteiger partial charge in [-0.15, -0.1) is 0 Å². The van der Waals surface area contributed by atoms with Crippen molar-refractivity contribution in [2.75, 3.05) is 33.2 Å². The average molecular weight is 226 g/mol. The highest BCUT2D eigenvalue weighted by Gasteiger charge is 2.12. The van der Waals surface area contributed by atoms with Crippen LogP contribution >= 0.6 is 0 Å². The summed E-state index contributed by atoms with van der Waals surface area (Å²) in [6.07, 6.45) is 9.74. The van der Waals surface area contributed by atoms with Crippen LogP contribution in [0.2, 0.25) is 0 Å². The molecule has 0 aromatic heterocycles. The van der Waals surface area contributed by atoms with E-state index in [1.807, 2.05) is 0 Å². The molecule has 1 atom stereocenters. The monoisotopic (exact) mass is 226 g/mol. The molecule has 0 amide bonds. The van der Waals surface area contributed by atoms with E-state index in [0.717, 1.165) is 5.92 Å². The number of piperidine rings is 1. The molecule has 0 radical (unpaired) electrons. The van der Waals surface area contributed by atoms with Crippen molar-refractivity contribution in [2.24, 2.45) is 5.92 Å². The van der Waals surface area contributed by atoms with Crippen LogP contribution in [0.25, 0.3) is 0 Å². The molecule has 0 spiro atoms. The van der Waals surface area contributed by atoms with E-state index in [4.69, 9.17) is 0 Å². The predicted molar refractivity (Wildman–Crippen MR) is 71.8 cm³/mol. The highest BCUT2D eigenvalue weighted by Crippen LogP contribution is 2.15. The van der Waals surface area contributed by atoms with Crippen molar-refractivity contribution in [1.82, 2.24) is 10.2 Å². The molecule has 1 aliphatic heterocycles. The molecule has 0 bridgehead atoms. The summed E-state index contributed by atoms with van der Waals surface area (Å²) in [6, 6.07) is 0. The van der Waals surface area contributed by atoms with Gasteiger partial charge in [0.2, 0.25) is 0 Å². The third-order valence-electron chi connectivity index (χ3n) is 3.69. The number of hydrogen-bond donors (Lipinski definition) is 1. The van der Waals surface area contributed by atoms with Gasteiger partial charge in [-0.3, -0.25) is 0 Å². The highest BCUT2D eigenvalue weighted by atomic mass is 15.1. The van der Waals surface area contributed by atoms with Crippen molar-refractivity contribution in [3.05, 3.63) is 0 Å². The lowest BCUT2D eigenvalue weighted by atomic mass is 9.95. The first kappa shape index (κ1) is 14.0. The molecule has 0 aliphatic carbocycles. The second-order valence-corrected chi connectivity index (χ2v) is 5.36. The van der Waals surface area contributed by atoms with Crippen LogP contribution in [0.1, 0.15) is 51.9 Å². The molecule has 2 nitrogen and oxygen atoms in total. The zero-order valence-corrected chi connectivity index (χ0v) is 11.3. The van der Waals surface area contributed by atoms with E-state index in [9.17, 15) is 0 Å². The Labute approximate surface area is 102 Å². The summed E-state index contributed by atoms with van der Waals surface area (Å²) in [4.78, 5) is 2.51. The van der Waals surface area contributed by atoms with E-state index in [1.54, 1.807) is 0 Å². The fraction of sp³-hybridized carbons (Fsp3) is 1.00. The SMILES string of the molecule is CCCCCN(C)CCCC1CCCNC1. The molecule has 1 N–H and O–H groups in total. The molecule has 0 saturated carbocycles. The Hall–Kier alpha value is -0.0800. The Morgan fingerprint density at radius 3 is 2.69 bits per heavy atom. The normalized spacial score (nSPS) is 21.6. The van der Waals surface area contributed by atoms with Gasteiger partial charge in [0, 0.05) is 0 Å². The third kappa shape index (κ3) is 6.49. The van der Waals surface area contributed by atoms with Crippen molar-refractivity contribution in [2.45, 2.75) is 51.9 Å². The van der Waals surface area contributed by atoms with Crippen molar-refractivity contribution in [3.8, 4) is 0 Å². The van der Waals surface area contributed by atoms with Crippen LogP contribution in [0.4, 0.5) is 0 Å². The minimum Gasteiger partial charge on any atom is -0.316 e. The molecule has 1 heterocycles. The minimum atomic E-state index is 0.956. The fourth-order valence-electron chi connectivity index (χ4n) is 2.56. The summed E-state index contributed by atoms with van der Waals surface area (Å²) in [5.41, 5.74) is 0. The zero-order valence-electron chi connectivity index (χ0n) is 11.3. The first-order valence-electron chi connectivity index (χ1n) is 7.22. The standard InChI is InChI=1S/C14H30N2/c1-3-4-5-11-16(2)12-7-9-14-8-6-10-15-13-14/h14-15H,3-13H2,1-2H3. The summed E-state index contributed by atoms with van der Waals surface area (Å²) in [6.45, 7) is 7.36. The molecule has 1 rings (SSSR count). The lowest BCUT2D eigenvalue weighted by Gasteiger charge is -2.24. The average Bonchev–Trinajstić information content (AvgIpc) is 2.31. The van der Waals surface area contributed by atoms with Gasteiger partial charge >= 0.3 is 0 Å². The lowest BCUT2D eigenvalue weighted by molar-refractivity contribution is 0.288. The molecular formula is C14H30N2. The molecule has 1 saturated heterocycles. The third-order valence-corrected chi connectivity index (χ3v) is 3.69. The highest BCUT2D eigenvalue weighted by molar-refractivity contribution is 4.69. The van der Waals surface area contributed by atoms with Crippen LogP contribution in [0.15, 0.2) is 0 Å². The number of unbranched alkanes of at least 4 members (excludes halogenated alkanes) is 2. The van der Waals surface area contributed by atoms with Gasteiger partial charge < -0.3 is 10.2 Å². The van der Waals surface area contributed by atoms with Crippen LogP contribution in [0.5, 0.6) is 0 Å². The number of nitrogens with zero attached hydrogens (tertiary/aromatic N) is 1. The van der Waals surface area contributed by atoms with E-state index in [1.165, 1.54) is 71.1 Å². The Morgan fingerprint density at radius 2 is 2.00 bits per heavy atom. The maximum Gasteiger partial charge on any atom is -0.00205 e. The summed E-state index contributed by atoms with van der Waals surface area (Å²) < 4.78 is 0. The summed E-state index contributed by atoms with van der Waals surface area (Å²) >= 11 is 0. The maximum atomic E-state index is 3.50. The summed E-state index contributed by atoms with van der Waals surface area (Å²) in [7, 11) is 2.27. The van der Waals surface area contributed by atoms with Crippen LogP contribution < -0.4 is 5.32 Å². The van der Waals surface area contributed by atoms with Crippen LogP contribution in [-0.4, -0.2) is 38.1 Å². The molecule has 1 aliphatic rings. The van der Waals surface area contributed by atoms with Crippen molar-refractivity contribution in [3.63, 3.8) is 0 Å². The van der Waals surface area contributed by atoms with Crippen molar-refractivity contribution >= 4 is 0 Å². The first-order chi connectivity index (χ1) is 7.83. The van der Waals surface area contributed by atoms with E-state index in [-0.39, 0.29) is 0 Å². The van der Waals surface area contributed by atoms with Crippen molar-refractivity contribution in [1.29, 1.82) is 0 Å². The Balaban J connectivity index is 1.92. The van der Waals surface area contributed by atoms with E-state index < -0.39 is 0 Å². The smallest absolute Gasteiger partial charge is 0.00205 e. The molecule has 96 valence electrons. The lowest BCUT2D eigenvalue weighted by Crippen LogP contribution is -2.30. The minimum absolute atomic E-state index is 0.956. The number of rotatable bonds is 8. The zero-order chi connectivity index (χ0) is 11.6. The number of hydrogen-bond acceptors (Lipinski definition) is 2. The number of nitrogens with one attached hydrogen (secondary N) is 1. The quantitative estimate of drug-likeness (QED) is 0.640.